The third kappa shape index (κ3) is 3.51. The molecule has 2 saturated carbocycles. The molecule has 1 amide bonds. The van der Waals surface area contributed by atoms with Gasteiger partial charge in [-0.1, -0.05) is 12.5 Å². The van der Waals surface area contributed by atoms with E-state index in [1.807, 2.05) is 0 Å². The summed E-state index contributed by atoms with van der Waals surface area (Å²) in [6.07, 6.45) is 4.61. The van der Waals surface area contributed by atoms with Crippen molar-refractivity contribution >= 4 is 21.6 Å². The Morgan fingerprint density at radius 2 is 1.86 bits per heavy atom. The minimum absolute atomic E-state index is 0.0277. The number of anilines is 1. The Labute approximate surface area is 164 Å². The number of amides is 1. The molecule has 0 aromatic heterocycles. The van der Waals surface area contributed by atoms with Crippen molar-refractivity contribution in [1.29, 1.82) is 0 Å². The molecule has 2 aliphatic rings. The molecule has 2 aromatic rings. The summed E-state index contributed by atoms with van der Waals surface area (Å²) < 4.78 is 40.1. The zero-order chi connectivity index (χ0) is 19.9. The van der Waals surface area contributed by atoms with E-state index in [4.69, 9.17) is 0 Å². The first-order chi connectivity index (χ1) is 13.3. The van der Waals surface area contributed by atoms with Gasteiger partial charge in [-0.15, -0.1) is 0 Å². The average molecular weight is 402 g/mol. The molecule has 3 atom stereocenters. The van der Waals surface area contributed by atoms with Crippen molar-refractivity contribution in [2.45, 2.75) is 36.6 Å². The highest BCUT2D eigenvalue weighted by atomic mass is 32.2. The van der Waals surface area contributed by atoms with E-state index < -0.39 is 15.8 Å². The lowest BCUT2D eigenvalue weighted by Crippen LogP contribution is -2.38. The van der Waals surface area contributed by atoms with E-state index in [9.17, 15) is 17.6 Å². The number of rotatable bonds is 5. The van der Waals surface area contributed by atoms with Gasteiger partial charge < -0.3 is 5.32 Å². The summed E-state index contributed by atoms with van der Waals surface area (Å²) in [5.74, 6) is 0.588. The minimum Gasteiger partial charge on any atom is -0.349 e. The summed E-state index contributed by atoms with van der Waals surface area (Å²) in [7, 11) is -2.46. The number of halogens is 1. The number of nitrogens with one attached hydrogen (secondary N) is 1. The van der Waals surface area contributed by atoms with Crippen LogP contribution < -0.4 is 9.62 Å². The molecule has 2 unspecified atom stereocenters. The zero-order valence-electron chi connectivity index (χ0n) is 15.6. The lowest BCUT2D eigenvalue weighted by molar-refractivity contribution is 0.0922. The van der Waals surface area contributed by atoms with E-state index in [0.29, 0.717) is 23.1 Å². The molecular formula is C21H23FN2O3S. The topological polar surface area (TPSA) is 66.5 Å². The van der Waals surface area contributed by atoms with Crippen LogP contribution in [0.25, 0.3) is 0 Å². The van der Waals surface area contributed by atoms with E-state index in [1.54, 1.807) is 12.1 Å². The predicted octanol–water partition coefficient (Wildman–Crippen LogP) is 3.57. The highest BCUT2D eigenvalue weighted by Gasteiger charge is 2.40. The lowest BCUT2D eigenvalue weighted by atomic mass is 9.95. The van der Waals surface area contributed by atoms with Gasteiger partial charge >= 0.3 is 0 Å². The van der Waals surface area contributed by atoms with Crippen LogP contribution >= 0.6 is 0 Å². The highest BCUT2D eigenvalue weighted by molar-refractivity contribution is 7.92. The summed E-state index contributed by atoms with van der Waals surface area (Å²) in [5.41, 5.74) is 0.676. The van der Waals surface area contributed by atoms with E-state index in [2.05, 4.69) is 5.32 Å². The highest BCUT2D eigenvalue weighted by Crippen LogP contribution is 2.44. The molecule has 148 valence electrons. The summed E-state index contributed by atoms with van der Waals surface area (Å²) in [6, 6.07) is 11.5. The number of fused-ring (bicyclic) bond motifs is 2. The van der Waals surface area contributed by atoms with E-state index in [-0.39, 0.29) is 16.8 Å². The maximum atomic E-state index is 13.1. The Morgan fingerprint density at radius 3 is 2.50 bits per heavy atom. The number of benzene rings is 2. The molecule has 2 fully saturated rings. The molecule has 2 aliphatic carbocycles. The minimum atomic E-state index is -3.87. The van der Waals surface area contributed by atoms with Crippen molar-refractivity contribution in [3.63, 3.8) is 0 Å². The third-order valence-corrected chi connectivity index (χ3v) is 7.78. The molecule has 0 radical (unpaired) electrons. The van der Waals surface area contributed by atoms with Crippen molar-refractivity contribution in [1.82, 2.24) is 5.32 Å². The summed E-state index contributed by atoms with van der Waals surface area (Å²) >= 11 is 0. The molecule has 0 spiro atoms. The molecule has 0 saturated heterocycles. The molecule has 28 heavy (non-hydrogen) atoms. The fourth-order valence-corrected chi connectivity index (χ4v) is 5.66. The Kier molecular flexibility index (Phi) is 4.87. The second-order valence-electron chi connectivity index (χ2n) is 7.73. The van der Waals surface area contributed by atoms with Crippen LogP contribution in [0.3, 0.4) is 0 Å². The van der Waals surface area contributed by atoms with E-state index >= 15 is 0 Å². The molecule has 1 N–H and O–H groups in total. The SMILES string of the molecule is CN(c1ccc(F)cc1)S(=O)(=O)c1cccc(C(=O)N[C@@H]2CC3CCC2C3)c1. The van der Waals surface area contributed by atoms with Crippen molar-refractivity contribution in [3.8, 4) is 0 Å². The quantitative estimate of drug-likeness (QED) is 0.831. The predicted molar refractivity (Wildman–Crippen MR) is 105 cm³/mol. The van der Waals surface area contributed by atoms with Crippen molar-refractivity contribution in [2.24, 2.45) is 11.8 Å². The first-order valence-electron chi connectivity index (χ1n) is 9.50. The van der Waals surface area contributed by atoms with Gasteiger partial charge in [-0.05, 0) is 73.6 Å². The maximum Gasteiger partial charge on any atom is 0.264 e. The van der Waals surface area contributed by atoms with Gasteiger partial charge in [0.25, 0.3) is 15.9 Å². The largest absolute Gasteiger partial charge is 0.349 e. The molecule has 5 nitrogen and oxygen atoms in total. The number of hydrogen-bond donors (Lipinski definition) is 1. The first kappa shape index (κ1) is 18.9. The Hall–Kier alpha value is -2.41. The van der Waals surface area contributed by atoms with Gasteiger partial charge in [0.1, 0.15) is 5.82 Å². The summed E-state index contributed by atoms with van der Waals surface area (Å²) in [6.45, 7) is 0. The van der Waals surface area contributed by atoms with Gasteiger partial charge in [0.2, 0.25) is 0 Å². The van der Waals surface area contributed by atoms with Crippen LogP contribution in [0, 0.1) is 17.7 Å². The monoisotopic (exact) mass is 402 g/mol. The normalized spacial score (nSPS) is 23.6. The molecule has 0 aliphatic heterocycles. The van der Waals surface area contributed by atoms with Gasteiger partial charge in [0, 0.05) is 18.7 Å². The van der Waals surface area contributed by atoms with Crippen molar-refractivity contribution in [3.05, 3.63) is 59.9 Å². The summed E-state index contributed by atoms with van der Waals surface area (Å²) in [4.78, 5) is 12.7. The van der Waals surface area contributed by atoms with Crippen LogP contribution in [0.5, 0.6) is 0 Å². The Bertz CT molecular complexity index is 991. The van der Waals surface area contributed by atoms with Crippen LogP contribution in [0.1, 0.15) is 36.0 Å². The average Bonchev–Trinajstić information content (AvgIpc) is 3.31. The smallest absolute Gasteiger partial charge is 0.264 e. The molecule has 0 heterocycles. The van der Waals surface area contributed by atoms with Gasteiger partial charge in [0.15, 0.2) is 0 Å². The van der Waals surface area contributed by atoms with Gasteiger partial charge in [-0.3, -0.25) is 9.10 Å². The van der Waals surface area contributed by atoms with Crippen LogP contribution in [0.4, 0.5) is 10.1 Å². The Morgan fingerprint density at radius 1 is 1.11 bits per heavy atom. The van der Waals surface area contributed by atoms with Gasteiger partial charge in [-0.25, -0.2) is 12.8 Å². The number of carbonyl (C=O) groups is 1. The van der Waals surface area contributed by atoms with Crippen molar-refractivity contribution < 1.29 is 17.6 Å². The molecule has 2 bridgehead atoms. The van der Waals surface area contributed by atoms with E-state index in [1.165, 1.54) is 56.3 Å². The van der Waals surface area contributed by atoms with Crippen LogP contribution in [-0.4, -0.2) is 27.4 Å². The summed E-state index contributed by atoms with van der Waals surface area (Å²) in [5, 5.41) is 3.08. The standard InChI is InChI=1S/C21H23FN2O3S/c1-24(18-9-7-17(22)8-10-18)28(26,27)19-4-2-3-16(13-19)21(25)23-20-12-14-5-6-15(20)11-14/h2-4,7-10,13-15,20H,5-6,11-12H2,1H3,(H,23,25)/t14?,15?,20-/m1/s1. The molecule has 2 aromatic carbocycles. The van der Waals surface area contributed by atoms with Crippen LogP contribution in [0.2, 0.25) is 0 Å². The van der Waals surface area contributed by atoms with Gasteiger partial charge in [-0.2, -0.15) is 0 Å². The number of nitrogens with zero attached hydrogens (tertiary/aromatic N) is 1. The van der Waals surface area contributed by atoms with E-state index in [0.717, 1.165) is 17.1 Å². The number of sulfonamides is 1. The maximum absolute atomic E-state index is 13.1. The molecular weight excluding hydrogens is 379 g/mol. The van der Waals surface area contributed by atoms with Gasteiger partial charge in [0.05, 0.1) is 10.6 Å². The number of hydrogen-bond acceptors (Lipinski definition) is 3. The van der Waals surface area contributed by atoms with Crippen LogP contribution in [-0.2, 0) is 10.0 Å². The second-order valence-corrected chi connectivity index (χ2v) is 9.70. The van der Waals surface area contributed by atoms with Crippen molar-refractivity contribution in [2.75, 3.05) is 11.4 Å². The third-order valence-electron chi connectivity index (χ3n) is 6.00. The van der Waals surface area contributed by atoms with Crippen LogP contribution in [0.15, 0.2) is 53.4 Å². The lowest BCUT2D eigenvalue weighted by Gasteiger charge is -2.23. The fraction of sp³-hybridized carbons (Fsp3) is 0.381. The number of carbonyl (C=O) groups excluding carboxylic acids is 1. The Balaban J connectivity index is 1.53. The first-order valence-corrected chi connectivity index (χ1v) is 10.9. The fourth-order valence-electron chi connectivity index (χ4n) is 4.42. The second kappa shape index (κ2) is 7.20. The molecule has 7 heteroatoms. The zero-order valence-corrected chi connectivity index (χ0v) is 16.5. The molecule has 4 rings (SSSR count).